The molecule has 2 aromatic heterocycles. The number of thiophene rings is 1. The van der Waals surface area contributed by atoms with Gasteiger partial charge in [-0.2, -0.15) is 0 Å². The van der Waals surface area contributed by atoms with E-state index in [0.29, 0.717) is 0 Å². The van der Waals surface area contributed by atoms with Gasteiger partial charge in [-0.25, -0.2) is 0 Å². The zero-order chi connectivity index (χ0) is 9.97. The summed E-state index contributed by atoms with van der Waals surface area (Å²) in [6.45, 7) is 0. The van der Waals surface area contributed by atoms with Gasteiger partial charge >= 0.3 is 0 Å². The molecule has 4 heteroatoms. The monoisotopic (exact) mass is 269 g/mol. The summed E-state index contributed by atoms with van der Waals surface area (Å²) in [6, 6.07) is 5.61. The van der Waals surface area contributed by atoms with Crippen molar-refractivity contribution in [2.24, 2.45) is 0 Å². The van der Waals surface area contributed by atoms with Gasteiger partial charge in [-0.1, -0.05) is 6.07 Å². The second-order valence-electron chi connectivity index (χ2n) is 2.86. The molecule has 1 atom stereocenters. The third kappa shape index (κ3) is 2.03. The van der Waals surface area contributed by atoms with Crippen LogP contribution in [0.1, 0.15) is 16.5 Å². The van der Waals surface area contributed by atoms with Crippen molar-refractivity contribution in [1.29, 1.82) is 0 Å². The summed E-state index contributed by atoms with van der Waals surface area (Å²) < 4.78 is 1.00. The molecule has 0 aliphatic rings. The van der Waals surface area contributed by atoms with Crippen LogP contribution < -0.4 is 0 Å². The second kappa shape index (κ2) is 4.21. The van der Waals surface area contributed by atoms with Gasteiger partial charge in [-0.3, -0.25) is 4.98 Å². The quantitative estimate of drug-likeness (QED) is 0.910. The minimum atomic E-state index is -0.569. The summed E-state index contributed by atoms with van der Waals surface area (Å²) in [5.74, 6) is 0. The first-order chi connectivity index (χ1) is 6.77. The van der Waals surface area contributed by atoms with E-state index in [1.165, 1.54) is 11.3 Å². The van der Waals surface area contributed by atoms with E-state index < -0.39 is 6.10 Å². The van der Waals surface area contributed by atoms with E-state index in [1.807, 2.05) is 23.6 Å². The molecule has 0 aliphatic carbocycles. The minimum Gasteiger partial charge on any atom is -0.383 e. The molecule has 2 rings (SSSR count). The molecule has 0 saturated heterocycles. The van der Waals surface area contributed by atoms with Crippen LogP contribution in [0.5, 0.6) is 0 Å². The van der Waals surface area contributed by atoms with E-state index in [4.69, 9.17) is 0 Å². The Morgan fingerprint density at radius 2 is 2.36 bits per heavy atom. The van der Waals surface area contributed by atoms with Gasteiger partial charge in [-0.15, -0.1) is 11.3 Å². The van der Waals surface area contributed by atoms with Crippen molar-refractivity contribution in [3.63, 3.8) is 0 Å². The SMILES string of the molecule is OC(c1cccnc1)c1cc(Br)cs1. The van der Waals surface area contributed by atoms with Crippen LogP contribution in [0.15, 0.2) is 40.4 Å². The molecule has 0 amide bonds. The van der Waals surface area contributed by atoms with E-state index in [-0.39, 0.29) is 0 Å². The molecular formula is C10H8BrNOS. The summed E-state index contributed by atoms with van der Waals surface area (Å²) in [6.07, 6.45) is 2.80. The number of hydrogen-bond donors (Lipinski definition) is 1. The average Bonchev–Trinajstić information content (AvgIpc) is 2.65. The van der Waals surface area contributed by atoms with Crippen molar-refractivity contribution >= 4 is 27.3 Å². The summed E-state index contributed by atoms with van der Waals surface area (Å²) in [7, 11) is 0. The smallest absolute Gasteiger partial charge is 0.115 e. The molecule has 1 N–H and O–H groups in total. The molecule has 2 heterocycles. The van der Waals surface area contributed by atoms with Crippen molar-refractivity contribution in [3.05, 3.63) is 50.9 Å². The van der Waals surface area contributed by atoms with Gasteiger partial charge in [0.15, 0.2) is 0 Å². The van der Waals surface area contributed by atoms with Crippen LogP contribution in [0, 0.1) is 0 Å². The Balaban J connectivity index is 2.29. The van der Waals surface area contributed by atoms with Crippen LogP contribution in [0.25, 0.3) is 0 Å². The zero-order valence-corrected chi connectivity index (χ0v) is 9.62. The van der Waals surface area contributed by atoms with Crippen molar-refractivity contribution in [2.75, 3.05) is 0 Å². The minimum absolute atomic E-state index is 0.569. The largest absolute Gasteiger partial charge is 0.383 e. The lowest BCUT2D eigenvalue weighted by Crippen LogP contribution is -1.96. The normalized spacial score (nSPS) is 12.7. The maximum absolute atomic E-state index is 9.95. The third-order valence-corrected chi connectivity index (χ3v) is 3.60. The zero-order valence-electron chi connectivity index (χ0n) is 7.22. The maximum Gasteiger partial charge on any atom is 0.115 e. The van der Waals surface area contributed by atoms with Gasteiger partial charge in [0.2, 0.25) is 0 Å². The lowest BCUT2D eigenvalue weighted by Gasteiger charge is -2.06. The van der Waals surface area contributed by atoms with E-state index >= 15 is 0 Å². The summed E-state index contributed by atoms with van der Waals surface area (Å²) in [5.41, 5.74) is 0.821. The summed E-state index contributed by atoms with van der Waals surface area (Å²) in [4.78, 5) is 4.89. The molecule has 0 fully saturated rings. The molecule has 2 aromatic rings. The number of aromatic nitrogens is 1. The molecule has 2 nitrogen and oxygen atoms in total. The predicted octanol–water partition coefficient (Wildman–Crippen LogP) is 2.99. The molecule has 0 saturated carbocycles. The molecular weight excluding hydrogens is 262 g/mol. The molecule has 0 bridgehead atoms. The van der Waals surface area contributed by atoms with Crippen LogP contribution >= 0.6 is 27.3 Å². The molecule has 1 unspecified atom stereocenters. The lowest BCUT2D eigenvalue weighted by atomic mass is 10.1. The first-order valence-electron chi connectivity index (χ1n) is 4.09. The van der Waals surface area contributed by atoms with Gasteiger partial charge in [0.25, 0.3) is 0 Å². The maximum atomic E-state index is 9.95. The number of halogens is 1. The molecule has 0 aliphatic heterocycles. The summed E-state index contributed by atoms with van der Waals surface area (Å²) >= 11 is 4.88. The van der Waals surface area contributed by atoms with Crippen molar-refractivity contribution in [2.45, 2.75) is 6.10 Å². The number of rotatable bonds is 2. The average molecular weight is 270 g/mol. The highest BCUT2D eigenvalue weighted by molar-refractivity contribution is 9.10. The van der Waals surface area contributed by atoms with Crippen molar-refractivity contribution in [1.82, 2.24) is 4.98 Å². The fourth-order valence-electron chi connectivity index (χ4n) is 1.17. The fraction of sp³-hybridized carbons (Fsp3) is 0.100. The van der Waals surface area contributed by atoms with Gasteiger partial charge < -0.3 is 5.11 Å². The van der Waals surface area contributed by atoms with Crippen molar-refractivity contribution in [3.8, 4) is 0 Å². The molecule has 0 spiro atoms. The van der Waals surface area contributed by atoms with E-state index in [1.54, 1.807) is 12.4 Å². The number of pyridine rings is 1. The first kappa shape index (κ1) is 9.83. The molecule has 0 aromatic carbocycles. The number of hydrogen-bond acceptors (Lipinski definition) is 3. The van der Waals surface area contributed by atoms with E-state index in [2.05, 4.69) is 20.9 Å². The van der Waals surface area contributed by atoms with Crippen LogP contribution in [-0.2, 0) is 0 Å². The Hall–Kier alpha value is -0.710. The van der Waals surface area contributed by atoms with E-state index in [9.17, 15) is 5.11 Å². The van der Waals surface area contributed by atoms with Gasteiger partial charge in [0, 0.05) is 32.7 Å². The van der Waals surface area contributed by atoms with Crippen LogP contribution in [0.2, 0.25) is 0 Å². The predicted molar refractivity (Wildman–Crippen MR) is 60.3 cm³/mol. The van der Waals surface area contributed by atoms with Crippen molar-refractivity contribution < 1.29 is 5.11 Å². The van der Waals surface area contributed by atoms with Gasteiger partial charge in [-0.05, 0) is 28.1 Å². The second-order valence-corrected chi connectivity index (χ2v) is 4.71. The number of aliphatic hydroxyl groups is 1. The first-order valence-corrected chi connectivity index (χ1v) is 5.76. The highest BCUT2D eigenvalue weighted by atomic mass is 79.9. The van der Waals surface area contributed by atoms with Crippen LogP contribution in [0.4, 0.5) is 0 Å². The Kier molecular flexibility index (Phi) is 2.96. The Morgan fingerprint density at radius 3 is 2.93 bits per heavy atom. The van der Waals surface area contributed by atoms with Gasteiger partial charge in [0.05, 0.1) is 0 Å². The van der Waals surface area contributed by atoms with Gasteiger partial charge in [0.1, 0.15) is 6.10 Å². The molecule has 0 radical (unpaired) electrons. The summed E-state index contributed by atoms with van der Waals surface area (Å²) in [5, 5.41) is 11.9. The fourth-order valence-corrected chi connectivity index (χ4v) is 2.63. The number of nitrogens with zero attached hydrogens (tertiary/aromatic N) is 1. The highest BCUT2D eigenvalue weighted by Crippen LogP contribution is 2.29. The highest BCUT2D eigenvalue weighted by Gasteiger charge is 2.11. The number of aliphatic hydroxyl groups excluding tert-OH is 1. The molecule has 14 heavy (non-hydrogen) atoms. The van der Waals surface area contributed by atoms with Crippen LogP contribution in [-0.4, -0.2) is 10.1 Å². The lowest BCUT2D eigenvalue weighted by molar-refractivity contribution is 0.223. The Bertz CT molecular complexity index is 415. The Morgan fingerprint density at radius 1 is 1.50 bits per heavy atom. The Labute approximate surface area is 94.4 Å². The third-order valence-electron chi connectivity index (χ3n) is 1.86. The van der Waals surface area contributed by atoms with E-state index in [0.717, 1.165) is 14.9 Å². The molecule has 72 valence electrons. The topological polar surface area (TPSA) is 33.1 Å². The standard InChI is InChI=1S/C10H8BrNOS/c11-8-4-9(14-6-8)10(13)7-2-1-3-12-5-7/h1-6,10,13H. The van der Waals surface area contributed by atoms with Crippen LogP contribution in [0.3, 0.4) is 0 Å².